The zero-order valence-corrected chi connectivity index (χ0v) is 18.1. The third kappa shape index (κ3) is 4.96. The van der Waals surface area contributed by atoms with E-state index in [4.69, 9.17) is 4.74 Å². The van der Waals surface area contributed by atoms with Crippen LogP contribution in [0.2, 0.25) is 0 Å². The van der Waals surface area contributed by atoms with Crippen LogP contribution in [0, 0.1) is 5.92 Å². The first-order chi connectivity index (χ1) is 15.7. The molecular weight excluding hydrogens is 406 g/mol. The number of carbonyl (C=O) groups is 2. The predicted molar refractivity (Wildman–Crippen MR) is 120 cm³/mol. The highest BCUT2D eigenvalue weighted by molar-refractivity contribution is 5.94. The smallest absolute Gasteiger partial charge is 0.271 e. The molecule has 0 radical (unpaired) electrons. The van der Waals surface area contributed by atoms with E-state index in [1.54, 1.807) is 23.4 Å². The lowest BCUT2D eigenvalue weighted by Gasteiger charge is -2.31. The minimum absolute atomic E-state index is 0.0455. The van der Waals surface area contributed by atoms with Crippen LogP contribution in [-0.4, -0.2) is 51.6 Å². The van der Waals surface area contributed by atoms with Crippen molar-refractivity contribution in [2.45, 2.75) is 26.3 Å². The van der Waals surface area contributed by atoms with Crippen molar-refractivity contribution in [3.8, 4) is 17.0 Å². The van der Waals surface area contributed by atoms with E-state index >= 15 is 0 Å². The summed E-state index contributed by atoms with van der Waals surface area (Å²) in [7, 11) is 0. The number of nitrogens with one attached hydrogen (secondary N) is 2. The second-order valence-corrected chi connectivity index (χ2v) is 7.75. The van der Waals surface area contributed by atoms with Crippen LogP contribution in [0.4, 0.5) is 0 Å². The molecule has 1 aliphatic heterocycles. The fraction of sp³-hybridized carbons (Fsp3) is 0.333. The maximum absolute atomic E-state index is 13.0. The number of aromatic nitrogens is 3. The van der Waals surface area contributed by atoms with Crippen molar-refractivity contribution in [1.82, 2.24) is 25.4 Å². The summed E-state index contributed by atoms with van der Waals surface area (Å²) in [5.41, 5.74) is 2.93. The Labute approximate surface area is 187 Å². The van der Waals surface area contributed by atoms with Crippen LogP contribution in [0.3, 0.4) is 0 Å². The number of hydrogen-bond acceptors (Lipinski definition) is 5. The maximum Gasteiger partial charge on any atom is 0.271 e. The van der Waals surface area contributed by atoms with Gasteiger partial charge in [0.25, 0.3) is 5.91 Å². The van der Waals surface area contributed by atoms with Gasteiger partial charge in [0.2, 0.25) is 5.91 Å². The first-order valence-corrected chi connectivity index (χ1v) is 10.9. The van der Waals surface area contributed by atoms with Crippen LogP contribution in [0.1, 0.15) is 35.8 Å². The quantitative estimate of drug-likeness (QED) is 0.597. The number of para-hydroxylation sites is 1. The van der Waals surface area contributed by atoms with Gasteiger partial charge in [0.05, 0.1) is 18.2 Å². The lowest BCUT2D eigenvalue weighted by Crippen LogP contribution is -2.45. The topological polar surface area (TPSA) is 100 Å². The Morgan fingerprint density at radius 2 is 2.03 bits per heavy atom. The number of piperidine rings is 1. The second kappa shape index (κ2) is 10.1. The fourth-order valence-electron chi connectivity index (χ4n) is 3.92. The molecule has 1 aliphatic rings. The number of rotatable bonds is 7. The van der Waals surface area contributed by atoms with Gasteiger partial charge in [0.1, 0.15) is 11.4 Å². The van der Waals surface area contributed by atoms with Crippen molar-refractivity contribution in [2.75, 3.05) is 19.7 Å². The standard InChI is InChI=1S/C24H27N5O3/c1-2-32-22-8-4-3-6-18(22)15-26-23(30)19-7-5-13-29(16-19)24(31)21-14-20(27-28-21)17-9-11-25-12-10-17/h3-4,6,8-12,14,19H,2,5,7,13,15-16H2,1H3,(H,26,30)(H,27,28). The summed E-state index contributed by atoms with van der Waals surface area (Å²) < 4.78 is 5.63. The Balaban J connectivity index is 1.36. The molecule has 32 heavy (non-hydrogen) atoms. The van der Waals surface area contributed by atoms with E-state index in [0.717, 1.165) is 29.7 Å². The summed E-state index contributed by atoms with van der Waals surface area (Å²) in [4.78, 5) is 31.6. The van der Waals surface area contributed by atoms with Gasteiger partial charge in [0, 0.05) is 43.2 Å². The van der Waals surface area contributed by atoms with Crippen molar-refractivity contribution in [1.29, 1.82) is 0 Å². The zero-order valence-electron chi connectivity index (χ0n) is 18.1. The molecule has 1 unspecified atom stereocenters. The molecule has 0 bridgehead atoms. The molecule has 1 aromatic carbocycles. The highest BCUT2D eigenvalue weighted by atomic mass is 16.5. The number of hydrogen-bond donors (Lipinski definition) is 2. The van der Waals surface area contributed by atoms with Crippen molar-refractivity contribution in [3.63, 3.8) is 0 Å². The summed E-state index contributed by atoms with van der Waals surface area (Å²) in [6.45, 7) is 3.92. The van der Waals surface area contributed by atoms with Crippen molar-refractivity contribution in [3.05, 3.63) is 66.1 Å². The fourth-order valence-corrected chi connectivity index (χ4v) is 3.92. The number of carbonyl (C=O) groups excluding carboxylic acids is 2. The van der Waals surface area contributed by atoms with Crippen molar-refractivity contribution < 1.29 is 14.3 Å². The molecule has 3 aromatic rings. The molecular formula is C24H27N5O3. The van der Waals surface area contributed by atoms with Crippen molar-refractivity contribution >= 4 is 11.8 Å². The molecule has 8 heteroatoms. The van der Waals surface area contributed by atoms with Gasteiger partial charge in [-0.2, -0.15) is 5.10 Å². The lowest BCUT2D eigenvalue weighted by molar-refractivity contribution is -0.126. The van der Waals surface area contributed by atoms with Gasteiger partial charge in [-0.1, -0.05) is 18.2 Å². The Morgan fingerprint density at radius 1 is 1.22 bits per heavy atom. The number of aromatic amines is 1. The number of ether oxygens (including phenoxy) is 1. The predicted octanol–water partition coefficient (Wildman–Crippen LogP) is 3.04. The Hall–Kier alpha value is -3.68. The number of nitrogens with zero attached hydrogens (tertiary/aromatic N) is 3. The van der Waals surface area contributed by atoms with Gasteiger partial charge in [-0.15, -0.1) is 0 Å². The van der Waals surface area contributed by atoms with Gasteiger partial charge in [0.15, 0.2) is 0 Å². The molecule has 1 atom stereocenters. The largest absolute Gasteiger partial charge is 0.494 e. The van der Waals surface area contributed by atoms with E-state index in [-0.39, 0.29) is 17.7 Å². The SMILES string of the molecule is CCOc1ccccc1CNC(=O)C1CCCN(C(=O)c2cc(-c3ccncc3)n[nH]2)C1. The molecule has 3 heterocycles. The molecule has 8 nitrogen and oxygen atoms in total. The van der Waals surface area contributed by atoms with Crippen LogP contribution in [0.15, 0.2) is 54.9 Å². The Bertz CT molecular complexity index is 1070. The van der Waals surface area contributed by atoms with Crippen LogP contribution in [0.5, 0.6) is 5.75 Å². The molecule has 4 rings (SSSR count). The first-order valence-electron chi connectivity index (χ1n) is 10.9. The van der Waals surface area contributed by atoms with Gasteiger partial charge in [-0.25, -0.2) is 0 Å². The lowest BCUT2D eigenvalue weighted by atomic mass is 9.96. The monoisotopic (exact) mass is 433 g/mol. The average molecular weight is 434 g/mol. The van der Waals surface area contributed by atoms with E-state index in [0.29, 0.717) is 37.6 Å². The van der Waals surface area contributed by atoms with Crippen molar-refractivity contribution in [2.24, 2.45) is 5.92 Å². The second-order valence-electron chi connectivity index (χ2n) is 7.75. The molecule has 0 saturated carbocycles. The van der Waals surface area contributed by atoms with E-state index in [1.165, 1.54) is 0 Å². The first kappa shape index (κ1) is 21.5. The highest BCUT2D eigenvalue weighted by Gasteiger charge is 2.29. The van der Waals surface area contributed by atoms with Gasteiger partial charge in [-0.3, -0.25) is 19.7 Å². The van der Waals surface area contributed by atoms with Crippen LogP contribution in [-0.2, 0) is 11.3 Å². The third-order valence-electron chi connectivity index (χ3n) is 5.59. The number of pyridine rings is 1. The Kier molecular flexibility index (Phi) is 6.79. The van der Waals surface area contributed by atoms with E-state index in [1.807, 2.05) is 43.3 Å². The van der Waals surface area contributed by atoms with E-state index < -0.39 is 0 Å². The normalized spacial score (nSPS) is 15.9. The molecule has 2 N–H and O–H groups in total. The number of likely N-dealkylation sites (tertiary alicyclic amines) is 1. The molecule has 1 fully saturated rings. The summed E-state index contributed by atoms with van der Waals surface area (Å²) >= 11 is 0. The summed E-state index contributed by atoms with van der Waals surface area (Å²) in [6, 6.07) is 13.1. The van der Waals surface area contributed by atoms with Crippen LogP contribution in [0.25, 0.3) is 11.3 Å². The van der Waals surface area contributed by atoms with Crippen LogP contribution < -0.4 is 10.1 Å². The molecule has 2 amide bonds. The average Bonchev–Trinajstić information content (AvgIpc) is 3.34. The van der Waals surface area contributed by atoms with E-state index in [9.17, 15) is 9.59 Å². The maximum atomic E-state index is 13.0. The number of benzene rings is 1. The molecule has 1 saturated heterocycles. The van der Waals surface area contributed by atoms with Gasteiger partial charge < -0.3 is 15.0 Å². The Morgan fingerprint density at radius 3 is 2.84 bits per heavy atom. The number of H-pyrrole nitrogens is 1. The number of amides is 2. The molecule has 2 aromatic heterocycles. The van der Waals surface area contributed by atoms with Gasteiger partial charge in [-0.05, 0) is 44.0 Å². The van der Waals surface area contributed by atoms with Gasteiger partial charge >= 0.3 is 0 Å². The molecule has 0 aliphatic carbocycles. The highest BCUT2D eigenvalue weighted by Crippen LogP contribution is 2.22. The third-order valence-corrected chi connectivity index (χ3v) is 5.59. The van der Waals surface area contributed by atoms with E-state index in [2.05, 4.69) is 20.5 Å². The zero-order chi connectivity index (χ0) is 22.3. The minimum atomic E-state index is -0.241. The minimum Gasteiger partial charge on any atom is -0.494 e. The summed E-state index contributed by atoms with van der Waals surface area (Å²) in [5.74, 6) is 0.349. The summed E-state index contributed by atoms with van der Waals surface area (Å²) in [6.07, 6.45) is 4.91. The van der Waals surface area contributed by atoms with Crippen LogP contribution >= 0.6 is 0 Å². The summed E-state index contributed by atoms with van der Waals surface area (Å²) in [5, 5.41) is 10.1. The molecule has 0 spiro atoms. The molecule has 166 valence electrons.